The summed E-state index contributed by atoms with van der Waals surface area (Å²) >= 11 is 0. The van der Waals surface area contributed by atoms with Crippen LogP contribution < -0.4 is 5.32 Å². The van der Waals surface area contributed by atoms with Crippen LogP contribution in [0.4, 0.5) is 4.79 Å². The van der Waals surface area contributed by atoms with E-state index in [1.807, 2.05) is 0 Å². The molecule has 15 heteroatoms. The molecule has 1 saturated heterocycles. The lowest BCUT2D eigenvalue weighted by Crippen LogP contribution is -2.82. The second-order valence-corrected chi connectivity index (χ2v) is 18.0. The Morgan fingerprint density at radius 3 is 2.08 bits per heavy atom. The Balaban J connectivity index is 1.52. The average molecular weight is 836 g/mol. The number of esters is 3. The number of hydrogen-bond donors (Lipinski definition) is 3. The van der Waals surface area contributed by atoms with E-state index in [1.54, 1.807) is 109 Å². The Bertz CT molecular complexity index is 2010. The van der Waals surface area contributed by atoms with Crippen LogP contribution in [0.1, 0.15) is 90.2 Å². The molecule has 2 aromatic carbocycles. The van der Waals surface area contributed by atoms with Gasteiger partial charge in [-0.2, -0.15) is 0 Å². The van der Waals surface area contributed by atoms with Gasteiger partial charge in [0.25, 0.3) is 0 Å². The van der Waals surface area contributed by atoms with Crippen molar-refractivity contribution in [3.05, 3.63) is 82.9 Å². The fraction of sp³-hybridized carbons (Fsp3) is 0.578. The number of Topliss-reactive ketones (excluding diaryl/α,β-unsaturated/α-hetero) is 1. The summed E-state index contributed by atoms with van der Waals surface area (Å²) in [4.78, 5) is 70.1. The number of aliphatic hydroxyl groups excluding tert-OH is 1. The molecule has 2 saturated carbocycles. The summed E-state index contributed by atoms with van der Waals surface area (Å²) in [6.07, 6.45) is -9.31. The van der Waals surface area contributed by atoms with Crippen molar-refractivity contribution in [2.45, 2.75) is 128 Å². The Morgan fingerprint density at radius 2 is 1.55 bits per heavy atom. The minimum Gasteiger partial charge on any atom is -0.456 e. The molecule has 1 aliphatic heterocycles. The van der Waals surface area contributed by atoms with Crippen LogP contribution in [0.25, 0.3) is 0 Å². The number of carbonyl (C=O) groups excluding carboxylic acids is 5. The molecule has 2 bridgehead atoms. The molecule has 6 rings (SSSR count). The summed E-state index contributed by atoms with van der Waals surface area (Å²) < 4.78 is 42.4. The lowest BCUT2D eigenvalue weighted by molar-refractivity contribution is -0.347. The summed E-state index contributed by atoms with van der Waals surface area (Å²) in [5.74, 6) is -4.52. The van der Waals surface area contributed by atoms with Gasteiger partial charge in [0.15, 0.2) is 17.5 Å². The van der Waals surface area contributed by atoms with Gasteiger partial charge >= 0.3 is 24.0 Å². The van der Waals surface area contributed by atoms with Gasteiger partial charge in [0.1, 0.15) is 35.6 Å². The van der Waals surface area contributed by atoms with Crippen molar-refractivity contribution in [2.24, 2.45) is 16.7 Å². The van der Waals surface area contributed by atoms with Crippen molar-refractivity contribution in [1.82, 2.24) is 5.32 Å². The van der Waals surface area contributed by atoms with Gasteiger partial charge in [0.2, 0.25) is 0 Å². The van der Waals surface area contributed by atoms with Crippen LogP contribution in [0.15, 0.2) is 71.8 Å². The summed E-state index contributed by atoms with van der Waals surface area (Å²) in [6.45, 7) is 12.7. The number of benzene rings is 2. The minimum absolute atomic E-state index is 0.121. The minimum atomic E-state index is -2.22. The standard InChI is InChI=1S/C45H57NO14/c1-24-28(57-39(51)33(48)32(26-17-13-11-14-18-26)46-40(52)60-41(3,4)5)22-45(53)37(58-38(50)27-19-15-12-16-20-27)35-43(8,36(49)34(55-10)31(24)42(45,6)7)29(54-9)21-30-44(35,23-56-30)59-25(2)47/h11-20,28-30,32-35,37,48,53H,21-23H2,1-10H3,(H,46,52)/t28?,29-,30+,32-,33+,34+,35?,37-,43+,44-,45+/m0/s1. The SMILES string of the molecule is CO[C@H]1C(=O)[C@@]2(C)C([C@H](OC(=O)c3ccccc3)[C@]3(O)CC(OC(=O)[C@H](O)[C@@H](NC(=O)OC(C)(C)C)c4ccccc4)C(C)=C1C3(C)C)[C@]1(OC(C)=O)CO[C@@H]1C[C@@H]2OC. The topological polar surface area (TPSA) is 202 Å². The number of ketones is 1. The Labute approximate surface area is 350 Å². The molecule has 3 N–H and O–H groups in total. The van der Waals surface area contributed by atoms with E-state index in [0.29, 0.717) is 11.1 Å². The van der Waals surface area contributed by atoms with E-state index in [-0.39, 0.29) is 24.2 Å². The van der Waals surface area contributed by atoms with Gasteiger partial charge in [-0.05, 0) is 63.5 Å². The van der Waals surface area contributed by atoms with E-state index >= 15 is 4.79 Å². The number of nitrogens with one attached hydrogen (secondary N) is 1. The van der Waals surface area contributed by atoms with Gasteiger partial charge in [-0.15, -0.1) is 0 Å². The molecule has 60 heavy (non-hydrogen) atoms. The third-order valence-corrected chi connectivity index (χ3v) is 13.0. The molecule has 0 radical (unpaired) electrons. The third-order valence-electron chi connectivity index (χ3n) is 13.0. The Morgan fingerprint density at radius 1 is 0.933 bits per heavy atom. The third kappa shape index (κ3) is 7.52. The fourth-order valence-corrected chi connectivity index (χ4v) is 10.1. The zero-order chi connectivity index (χ0) is 44.2. The fourth-order valence-electron chi connectivity index (χ4n) is 10.1. The normalized spacial score (nSPS) is 33.0. The Hall–Kier alpha value is -4.67. The van der Waals surface area contributed by atoms with Crippen molar-refractivity contribution in [1.29, 1.82) is 0 Å². The van der Waals surface area contributed by atoms with E-state index in [1.165, 1.54) is 21.1 Å². The average Bonchev–Trinajstić information content (AvgIpc) is 3.18. The lowest BCUT2D eigenvalue weighted by atomic mass is 9.44. The molecule has 1 amide bonds. The number of aliphatic hydroxyl groups is 2. The number of amides is 1. The smallest absolute Gasteiger partial charge is 0.408 e. The van der Waals surface area contributed by atoms with Crippen LogP contribution in [-0.2, 0) is 47.5 Å². The van der Waals surface area contributed by atoms with Gasteiger partial charge < -0.3 is 48.7 Å². The first-order chi connectivity index (χ1) is 28.1. The molecular weight excluding hydrogens is 778 g/mol. The monoisotopic (exact) mass is 835 g/mol. The first-order valence-electron chi connectivity index (χ1n) is 20.1. The molecule has 0 spiro atoms. The maximum Gasteiger partial charge on any atom is 0.408 e. The zero-order valence-corrected chi connectivity index (χ0v) is 35.8. The molecule has 3 fully saturated rings. The van der Waals surface area contributed by atoms with E-state index in [0.717, 1.165) is 0 Å². The maximum atomic E-state index is 15.5. The summed E-state index contributed by atoms with van der Waals surface area (Å²) in [5.41, 5.74) is -6.72. The molecule has 0 aromatic heterocycles. The molecule has 3 aliphatic carbocycles. The molecule has 11 atom stereocenters. The molecule has 326 valence electrons. The largest absolute Gasteiger partial charge is 0.456 e. The van der Waals surface area contributed by atoms with E-state index in [4.69, 9.17) is 33.2 Å². The number of ether oxygens (including phenoxy) is 7. The number of fused-ring (bicyclic) bond motifs is 5. The van der Waals surface area contributed by atoms with Crippen molar-refractivity contribution in [3.63, 3.8) is 0 Å². The van der Waals surface area contributed by atoms with Gasteiger partial charge in [0, 0.05) is 39.4 Å². The van der Waals surface area contributed by atoms with E-state index < -0.39 is 112 Å². The Kier molecular flexibility index (Phi) is 12.2. The van der Waals surface area contributed by atoms with E-state index in [9.17, 15) is 29.4 Å². The second-order valence-electron chi connectivity index (χ2n) is 18.0. The van der Waals surface area contributed by atoms with Gasteiger partial charge in [-0.3, -0.25) is 9.59 Å². The predicted molar refractivity (Wildman–Crippen MR) is 213 cm³/mol. The summed E-state index contributed by atoms with van der Waals surface area (Å²) in [6, 6.07) is 15.1. The predicted octanol–water partition coefficient (Wildman–Crippen LogP) is 4.57. The number of carbonyl (C=O) groups is 5. The molecular formula is C45H57NO14. The lowest BCUT2D eigenvalue weighted by Gasteiger charge is -2.67. The molecule has 4 aliphatic rings. The van der Waals surface area contributed by atoms with Crippen molar-refractivity contribution >= 4 is 29.8 Å². The molecule has 1 heterocycles. The van der Waals surface area contributed by atoms with Crippen LogP contribution in [0.3, 0.4) is 0 Å². The highest BCUT2D eigenvalue weighted by Crippen LogP contribution is 2.64. The summed E-state index contributed by atoms with van der Waals surface area (Å²) in [7, 11) is 2.78. The highest BCUT2D eigenvalue weighted by atomic mass is 16.6. The second kappa shape index (κ2) is 16.3. The van der Waals surface area contributed by atoms with Gasteiger partial charge in [-0.25, -0.2) is 14.4 Å². The highest BCUT2D eigenvalue weighted by molar-refractivity contribution is 5.94. The van der Waals surface area contributed by atoms with Crippen LogP contribution in [0.5, 0.6) is 0 Å². The first kappa shape index (κ1) is 44.9. The number of rotatable bonds is 10. The molecule has 2 unspecified atom stereocenters. The van der Waals surface area contributed by atoms with E-state index in [2.05, 4.69) is 5.32 Å². The van der Waals surface area contributed by atoms with Crippen molar-refractivity contribution in [2.75, 3.05) is 20.8 Å². The van der Waals surface area contributed by atoms with Crippen molar-refractivity contribution in [3.8, 4) is 0 Å². The highest BCUT2D eigenvalue weighted by Gasteiger charge is 2.78. The number of alkyl carbamates (subject to hydrolysis) is 1. The van der Waals surface area contributed by atoms with Crippen LogP contribution >= 0.6 is 0 Å². The maximum absolute atomic E-state index is 15.5. The molecule has 2 aromatic rings. The zero-order valence-electron chi connectivity index (χ0n) is 35.8. The number of hydrogen-bond acceptors (Lipinski definition) is 14. The van der Waals surface area contributed by atoms with Crippen molar-refractivity contribution < 1.29 is 67.3 Å². The molecule has 15 nitrogen and oxygen atoms in total. The first-order valence-corrected chi connectivity index (χ1v) is 20.1. The summed E-state index contributed by atoms with van der Waals surface area (Å²) in [5, 5.41) is 28.0. The number of methoxy groups -OCH3 is 2. The van der Waals surface area contributed by atoms with Crippen LogP contribution in [0, 0.1) is 16.7 Å². The quantitative estimate of drug-likeness (QED) is 0.171. The van der Waals surface area contributed by atoms with Gasteiger partial charge in [-0.1, -0.05) is 62.4 Å². The van der Waals surface area contributed by atoms with Crippen LogP contribution in [0.2, 0.25) is 0 Å². The van der Waals surface area contributed by atoms with Crippen LogP contribution in [-0.4, -0.2) is 114 Å². The van der Waals surface area contributed by atoms with Gasteiger partial charge in [0.05, 0.1) is 35.6 Å².